The van der Waals surface area contributed by atoms with Gasteiger partial charge in [0, 0.05) is 36.8 Å². The van der Waals surface area contributed by atoms with Crippen molar-refractivity contribution < 1.29 is 9.53 Å². The zero-order valence-electron chi connectivity index (χ0n) is 12.5. The fourth-order valence-electron chi connectivity index (χ4n) is 3.09. The number of para-hydroxylation sites is 1. The van der Waals surface area contributed by atoms with E-state index in [4.69, 9.17) is 4.74 Å². The molecule has 0 aliphatic carbocycles. The maximum absolute atomic E-state index is 12.5. The third-order valence-electron chi connectivity index (χ3n) is 4.15. The lowest BCUT2D eigenvalue weighted by Crippen LogP contribution is -2.43. The summed E-state index contributed by atoms with van der Waals surface area (Å²) in [6.07, 6.45) is 4.71. The molecule has 1 aromatic heterocycles. The lowest BCUT2D eigenvalue weighted by Gasteiger charge is -2.32. The average molecular weight is 286 g/mol. The molecule has 2 heterocycles. The monoisotopic (exact) mass is 286 g/mol. The summed E-state index contributed by atoms with van der Waals surface area (Å²) in [7, 11) is 0. The fraction of sp³-hybridized carbons (Fsp3) is 0.471. The second kappa shape index (κ2) is 6.31. The number of nitrogens with zero attached hydrogens (tertiary/aromatic N) is 1. The molecule has 1 N–H and O–H groups in total. The van der Waals surface area contributed by atoms with Gasteiger partial charge in [-0.05, 0) is 31.4 Å². The van der Waals surface area contributed by atoms with E-state index in [0.29, 0.717) is 6.42 Å². The van der Waals surface area contributed by atoms with Gasteiger partial charge in [0.1, 0.15) is 0 Å². The molecule has 0 bridgehead atoms. The van der Waals surface area contributed by atoms with Gasteiger partial charge in [-0.25, -0.2) is 0 Å². The quantitative estimate of drug-likeness (QED) is 0.939. The van der Waals surface area contributed by atoms with E-state index in [1.165, 1.54) is 0 Å². The molecule has 0 radical (unpaired) electrons. The third-order valence-corrected chi connectivity index (χ3v) is 4.15. The van der Waals surface area contributed by atoms with Crippen molar-refractivity contribution in [1.82, 2.24) is 9.88 Å². The van der Waals surface area contributed by atoms with E-state index in [9.17, 15) is 4.79 Å². The van der Waals surface area contributed by atoms with Gasteiger partial charge in [-0.3, -0.25) is 4.79 Å². The Morgan fingerprint density at radius 3 is 3.14 bits per heavy atom. The lowest BCUT2D eigenvalue weighted by atomic mass is 10.1. The number of piperidine rings is 1. The molecule has 0 spiro atoms. The first-order valence-corrected chi connectivity index (χ1v) is 7.72. The first-order valence-electron chi connectivity index (χ1n) is 7.72. The standard InChI is InChI=1S/C17H22N2O2/c1-2-21-14-6-5-9-19(12-14)17(20)10-13-11-18-16-8-4-3-7-15(13)16/h3-4,7-8,11,14,18H,2,5-6,9-10,12H2,1H3/t14-/m1/s1. The van der Waals surface area contributed by atoms with Gasteiger partial charge in [0.25, 0.3) is 0 Å². The summed E-state index contributed by atoms with van der Waals surface area (Å²) in [4.78, 5) is 17.7. The molecule has 1 atom stereocenters. The molecule has 1 amide bonds. The Hall–Kier alpha value is -1.81. The number of carbonyl (C=O) groups excluding carboxylic acids is 1. The highest BCUT2D eigenvalue weighted by Gasteiger charge is 2.24. The predicted molar refractivity (Wildman–Crippen MR) is 83.2 cm³/mol. The number of ether oxygens (including phenoxy) is 1. The van der Waals surface area contributed by atoms with Crippen molar-refractivity contribution in [3.8, 4) is 0 Å². The number of hydrogen-bond acceptors (Lipinski definition) is 2. The van der Waals surface area contributed by atoms with Crippen molar-refractivity contribution in [1.29, 1.82) is 0 Å². The number of aromatic amines is 1. The molecular formula is C17H22N2O2. The van der Waals surface area contributed by atoms with E-state index in [-0.39, 0.29) is 12.0 Å². The van der Waals surface area contributed by atoms with Gasteiger partial charge in [0.05, 0.1) is 12.5 Å². The van der Waals surface area contributed by atoms with Crippen LogP contribution in [0, 0.1) is 0 Å². The topological polar surface area (TPSA) is 45.3 Å². The SMILES string of the molecule is CCO[C@@H]1CCCN(C(=O)Cc2c[nH]c3ccccc23)C1. The van der Waals surface area contributed by atoms with Crippen molar-refractivity contribution in [3.63, 3.8) is 0 Å². The highest BCUT2D eigenvalue weighted by molar-refractivity contribution is 5.88. The molecule has 3 rings (SSSR count). The van der Waals surface area contributed by atoms with Crippen LogP contribution in [0.4, 0.5) is 0 Å². The molecule has 4 heteroatoms. The van der Waals surface area contributed by atoms with E-state index in [1.54, 1.807) is 0 Å². The lowest BCUT2D eigenvalue weighted by molar-refractivity contribution is -0.134. The smallest absolute Gasteiger partial charge is 0.227 e. The summed E-state index contributed by atoms with van der Waals surface area (Å²) in [5.74, 6) is 0.198. The first kappa shape index (κ1) is 14.1. The first-order chi connectivity index (χ1) is 10.3. The number of hydrogen-bond donors (Lipinski definition) is 1. The van der Waals surface area contributed by atoms with Crippen molar-refractivity contribution in [2.24, 2.45) is 0 Å². The van der Waals surface area contributed by atoms with E-state index in [0.717, 1.165) is 49.0 Å². The van der Waals surface area contributed by atoms with Gasteiger partial charge in [-0.2, -0.15) is 0 Å². The highest BCUT2D eigenvalue weighted by Crippen LogP contribution is 2.20. The summed E-state index contributed by atoms with van der Waals surface area (Å²) in [6, 6.07) is 8.11. The molecule has 2 aromatic rings. The molecule has 1 aromatic carbocycles. The van der Waals surface area contributed by atoms with Crippen LogP contribution < -0.4 is 0 Å². The minimum Gasteiger partial charge on any atom is -0.377 e. The van der Waals surface area contributed by atoms with Crippen molar-refractivity contribution in [2.75, 3.05) is 19.7 Å². The maximum atomic E-state index is 12.5. The molecule has 0 unspecified atom stereocenters. The number of benzene rings is 1. The minimum atomic E-state index is 0.198. The molecule has 1 aliphatic heterocycles. The van der Waals surface area contributed by atoms with Crippen LogP contribution in [-0.2, 0) is 16.0 Å². The zero-order valence-corrected chi connectivity index (χ0v) is 12.5. The Balaban J connectivity index is 1.68. The fourth-order valence-corrected chi connectivity index (χ4v) is 3.09. The summed E-state index contributed by atoms with van der Waals surface area (Å²) in [6.45, 7) is 4.31. The number of carbonyl (C=O) groups is 1. The van der Waals surface area contributed by atoms with Crippen LogP contribution >= 0.6 is 0 Å². The van der Waals surface area contributed by atoms with E-state index in [1.807, 2.05) is 36.2 Å². The van der Waals surface area contributed by atoms with Gasteiger partial charge in [0.15, 0.2) is 0 Å². The summed E-state index contributed by atoms with van der Waals surface area (Å²) < 4.78 is 5.67. The largest absolute Gasteiger partial charge is 0.377 e. The minimum absolute atomic E-state index is 0.198. The average Bonchev–Trinajstić information content (AvgIpc) is 2.91. The molecule has 0 saturated carbocycles. The molecule has 112 valence electrons. The number of fused-ring (bicyclic) bond motifs is 1. The predicted octanol–water partition coefficient (Wildman–Crippen LogP) is 2.74. The number of H-pyrrole nitrogens is 1. The van der Waals surface area contributed by atoms with Gasteiger partial charge in [0.2, 0.25) is 5.91 Å². The second-order valence-corrected chi connectivity index (χ2v) is 5.60. The maximum Gasteiger partial charge on any atom is 0.227 e. The van der Waals surface area contributed by atoms with Crippen molar-refractivity contribution in [2.45, 2.75) is 32.3 Å². The zero-order chi connectivity index (χ0) is 14.7. The molecule has 1 saturated heterocycles. The summed E-state index contributed by atoms with van der Waals surface area (Å²) in [5.41, 5.74) is 2.17. The van der Waals surface area contributed by atoms with E-state index < -0.39 is 0 Å². The molecule has 1 aliphatic rings. The van der Waals surface area contributed by atoms with Crippen LogP contribution in [0.2, 0.25) is 0 Å². The second-order valence-electron chi connectivity index (χ2n) is 5.60. The Kier molecular flexibility index (Phi) is 4.25. The Bertz CT molecular complexity index is 618. The van der Waals surface area contributed by atoms with Crippen LogP contribution in [0.3, 0.4) is 0 Å². The molecule has 1 fully saturated rings. The third kappa shape index (κ3) is 3.10. The van der Waals surface area contributed by atoms with E-state index >= 15 is 0 Å². The van der Waals surface area contributed by atoms with Gasteiger partial charge in [-0.1, -0.05) is 18.2 Å². The number of aromatic nitrogens is 1. The number of likely N-dealkylation sites (tertiary alicyclic amines) is 1. The highest BCUT2D eigenvalue weighted by atomic mass is 16.5. The molecule has 21 heavy (non-hydrogen) atoms. The number of amides is 1. The van der Waals surface area contributed by atoms with E-state index in [2.05, 4.69) is 11.1 Å². The normalized spacial score (nSPS) is 19.1. The van der Waals surface area contributed by atoms with Crippen molar-refractivity contribution in [3.05, 3.63) is 36.0 Å². The van der Waals surface area contributed by atoms with Gasteiger partial charge in [-0.15, -0.1) is 0 Å². The summed E-state index contributed by atoms with van der Waals surface area (Å²) >= 11 is 0. The number of nitrogens with one attached hydrogen (secondary N) is 1. The Labute approximate surface area is 125 Å². The Morgan fingerprint density at radius 1 is 1.43 bits per heavy atom. The van der Waals surface area contributed by atoms with Crippen LogP contribution in [0.5, 0.6) is 0 Å². The van der Waals surface area contributed by atoms with Gasteiger partial charge < -0.3 is 14.6 Å². The van der Waals surface area contributed by atoms with Gasteiger partial charge >= 0.3 is 0 Å². The van der Waals surface area contributed by atoms with Crippen molar-refractivity contribution >= 4 is 16.8 Å². The molecular weight excluding hydrogens is 264 g/mol. The van der Waals surface area contributed by atoms with Crippen LogP contribution in [0.25, 0.3) is 10.9 Å². The van der Waals surface area contributed by atoms with Crippen LogP contribution in [0.15, 0.2) is 30.5 Å². The molecule has 4 nitrogen and oxygen atoms in total. The number of rotatable bonds is 4. The Morgan fingerprint density at radius 2 is 2.29 bits per heavy atom. The van der Waals surface area contributed by atoms with Crippen LogP contribution in [-0.4, -0.2) is 41.6 Å². The van der Waals surface area contributed by atoms with Crippen LogP contribution in [0.1, 0.15) is 25.3 Å². The summed E-state index contributed by atoms with van der Waals surface area (Å²) in [5, 5.41) is 1.14.